The normalized spacial score (nSPS) is 14.0. The summed E-state index contributed by atoms with van der Waals surface area (Å²) in [4.78, 5) is 0. The Hall–Kier alpha value is -1.04. The zero-order valence-electron chi connectivity index (χ0n) is 3.94. The lowest BCUT2D eigenvalue weighted by Crippen LogP contribution is -1.89. The molecule has 6 heteroatoms. The molecule has 1 rings (SSSR count). The van der Waals surface area contributed by atoms with Gasteiger partial charge in [0, 0.05) is 11.0 Å². The molecule has 0 fully saturated rings. The van der Waals surface area contributed by atoms with Gasteiger partial charge in [0.1, 0.15) is 0 Å². The number of nitrogens with one attached hydrogen (secondary N) is 1. The molecular weight excluding hydrogens is 122 g/mol. The number of hydrazone groups is 1. The van der Waals surface area contributed by atoms with E-state index in [2.05, 4.69) is 26.2 Å². The molecule has 0 amide bonds. The van der Waals surface area contributed by atoms with Crippen molar-refractivity contribution in [3.8, 4) is 0 Å². The third-order valence-electron chi connectivity index (χ3n) is 0.407. The largest absolute Gasteiger partial charge is 0.178 e. The second-order valence-corrected chi connectivity index (χ2v) is 0.832. The van der Waals surface area contributed by atoms with Crippen LogP contribution in [0.5, 0.6) is 0 Å². The quantitative estimate of drug-likeness (QED) is 0.438. The Morgan fingerprint density at radius 2 is 2.12 bits per heavy atom. The van der Waals surface area contributed by atoms with Crippen molar-refractivity contribution in [2.45, 2.75) is 0 Å². The molecule has 1 aliphatic rings. The molecule has 1 N–H and O–H groups in total. The van der Waals surface area contributed by atoms with Crippen LogP contribution >= 0.6 is 0 Å². The third-order valence-corrected chi connectivity index (χ3v) is 0.407. The minimum Gasteiger partial charge on any atom is -0.178 e. The minimum atomic E-state index is 0. The number of hydrogen-bond acceptors (Lipinski definition) is 5. The fourth-order valence-corrected chi connectivity index (χ4v) is 0.198. The van der Waals surface area contributed by atoms with Gasteiger partial charge in [0.05, 0.1) is 12.4 Å². The molecule has 4 radical (unpaired) electrons. The molecule has 0 aromatic carbocycles. The molecule has 0 aliphatic carbocycles. The van der Waals surface area contributed by atoms with Gasteiger partial charge in [-0.2, -0.15) is 10.6 Å². The van der Waals surface area contributed by atoms with Crippen molar-refractivity contribution in [2.24, 2.45) is 20.6 Å². The van der Waals surface area contributed by atoms with Gasteiger partial charge in [0.2, 0.25) is 0 Å². The van der Waals surface area contributed by atoms with Gasteiger partial charge in [-0.3, -0.25) is 0 Å². The zero-order chi connectivity index (χ0) is 4.95. The highest BCUT2D eigenvalue weighted by Crippen LogP contribution is 1.72. The van der Waals surface area contributed by atoms with E-state index in [0.29, 0.717) is 0 Å². The summed E-state index contributed by atoms with van der Waals surface area (Å²) in [6, 6.07) is 0. The monoisotopic (exact) mass is 125 g/mol. The average Bonchev–Trinajstić information content (AvgIpc) is 1.90. The van der Waals surface area contributed by atoms with E-state index in [9.17, 15) is 0 Å². The van der Waals surface area contributed by atoms with Crippen molar-refractivity contribution >= 4 is 23.4 Å². The van der Waals surface area contributed by atoms with Crippen LogP contribution in [-0.4, -0.2) is 23.4 Å². The predicted molar refractivity (Wildman–Crippen MR) is 30.7 cm³/mol. The van der Waals surface area contributed by atoms with E-state index in [4.69, 9.17) is 0 Å². The topological polar surface area (TPSA) is 61.5 Å². The van der Waals surface area contributed by atoms with Crippen LogP contribution in [0.15, 0.2) is 20.6 Å². The third kappa shape index (κ3) is 2.19. The Morgan fingerprint density at radius 1 is 1.25 bits per heavy atom. The van der Waals surface area contributed by atoms with Crippen molar-refractivity contribution < 1.29 is 0 Å². The molecule has 40 valence electrons. The van der Waals surface area contributed by atoms with Crippen LogP contribution in [0.1, 0.15) is 0 Å². The summed E-state index contributed by atoms with van der Waals surface area (Å²) in [6.45, 7) is 0. The van der Waals surface area contributed by atoms with Crippen LogP contribution in [0.2, 0.25) is 0 Å². The van der Waals surface area contributed by atoms with Gasteiger partial charge in [-0.25, -0.2) is 0 Å². The van der Waals surface area contributed by atoms with E-state index in [1.54, 1.807) is 0 Å². The molecular formula is C2H3N5Si. The van der Waals surface area contributed by atoms with Gasteiger partial charge >= 0.3 is 0 Å². The van der Waals surface area contributed by atoms with Gasteiger partial charge in [0.15, 0.2) is 0 Å². The Bertz CT molecular complexity index is 112. The molecule has 0 atom stereocenters. The molecule has 1 heterocycles. The van der Waals surface area contributed by atoms with Gasteiger partial charge in [-0.15, -0.1) is 5.10 Å². The Kier molecular flexibility index (Phi) is 3.59. The SMILES string of the molecule is C1=NN=NNN=C1.[Si]. The fourth-order valence-electron chi connectivity index (χ4n) is 0.198. The number of nitrogens with zero attached hydrogens (tertiary/aromatic N) is 4. The van der Waals surface area contributed by atoms with Crippen molar-refractivity contribution in [2.75, 3.05) is 0 Å². The highest BCUT2D eigenvalue weighted by molar-refractivity contribution is 6.15. The highest BCUT2D eigenvalue weighted by Gasteiger charge is 1.70. The Balaban J connectivity index is 0.000000490. The molecule has 0 bridgehead atoms. The van der Waals surface area contributed by atoms with Crippen LogP contribution in [0.25, 0.3) is 0 Å². The highest BCUT2D eigenvalue weighted by atomic mass is 28.1. The van der Waals surface area contributed by atoms with Crippen molar-refractivity contribution in [3.05, 3.63) is 0 Å². The molecule has 0 saturated heterocycles. The first-order valence-electron chi connectivity index (χ1n) is 1.70. The van der Waals surface area contributed by atoms with Crippen LogP contribution < -0.4 is 5.53 Å². The first-order chi connectivity index (χ1) is 3.50. The van der Waals surface area contributed by atoms with Crippen LogP contribution in [0.3, 0.4) is 0 Å². The predicted octanol–water partition coefficient (Wildman–Crippen LogP) is -0.452. The lowest BCUT2D eigenvalue weighted by atomic mass is 10.8. The van der Waals surface area contributed by atoms with E-state index < -0.39 is 0 Å². The average molecular weight is 125 g/mol. The summed E-state index contributed by atoms with van der Waals surface area (Å²) in [5, 5.41) is 13.4. The molecule has 0 spiro atoms. The first-order valence-corrected chi connectivity index (χ1v) is 1.70. The van der Waals surface area contributed by atoms with Crippen LogP contribution in [-0.2, 0) is 0 Å². The van der Waals surface area contributed by atoms with Gasteiger partial charge in [0.25, 0.3) is 0 Å². The van der Waals surface area contributed by atoms with Gasteiger partial charge in [-0.1, -0.05) is 0 Å². The van der Waals surface area contributed by atoms with E-state index in [1.165, 1.54) is 12.4 Å². The van der Waals surface area contributed by atoms with Gasteiger partial charge < -0.3 is 0 Å². The summed E-state index contributed by atoms with van der Waals surface area (Å²) < 4.78 is 0. The number of hydrogen-bond donors (Lipinski definition) is 1. The van der Waals surface area contributed by atoms with Crippen molar-refractivity contribution in [1.29, 1.82) is 0 Å². The van der Waals surface area contributed by atoms with E-state index in [-0.39, 0.29) is 11.0 Å². The molecule has 8 heavy (non-hydrogen) atoms. The summed E-state index contributed by atoms with van der Waals surface area (Å²) in [5.74, 6) is 0. The number of rotatable bonds is 0. The summed E-state index contributed by atoms with van der Waals surface area (Å²) in [7, 11) is 0. The van der Waals surface area contributed by atoms with Crippen LogP contribution in [0.4, 0.5) is 0 Å². The van der Waals surface area contributed by atoms with E-state index in [1.807, 2.05) is 0 Å². The van der Waals surface area contributed by atoms with E-state index >= 15 is 0 Å². The minimum absolute atomic E-state index is 0. The second kappa shape index (κ2) is 4.12. The zero-order valence-corrected chi connectivity index (χ0v) is 4.94. The molecule has 5 nitrogen and oxygen atoms in total. The summed E-state index contributed by atoms with van der Waals surface area (Å²) in [5.41, 5.74) is 2.25. The van der Waals surface area contributed by atoms with Crippen molar-refractivity contribution in [1.82, 2.24) is 5.53 Å². The molecule has 0 saturated carbocycles. The standard InChI is InChI=1S/C2H3N5.Si/c1-2-4-6-7-5-3-1;/h1-2H,(H,5,6);. The second-order valence-electron chi connectivity index (χ2n) is 0.832. The van der Waals surface area contributed by atoms with Gasteiger partial charge in [-0.05, 0) is 10.4 Å². The fraction of sp³-hybridized carbons (Fsp3) is 0. The van der Waals surface area contributed by atoms with E-state index in [0.717, 1.165) is 0 Å². The smallest absolute Gasteiger partial charge is 0.0716 e. The molecule has 0 aromatic heterocycles. The lowest BCUT2D eigenvalue weighted by molar-refractivity contribution is 0.733. The maximum absolute atomic E-state index is 3.49. The first kappa shape index (κ1) is 6.96. The Labute approximate surface area is 50.6 Å². The molecule has 1 aliphatic heterocycles. The summed E-state index contributed by atoms with van der Waals surface area (Å²) >= 11 is 0. The molecule has 0 aromatic rings. The maximum Gasteiger partial charge on any atom is 0.0716 e. The van der Waals surface area contributed by atoms with Crippen LogP contribution in [0, 0.1) is 0 Å². The maximum atomic E-state index is 3.49. The lowest BCUT2D eigenvalue weighted by Gasteiger charge is -1.74. The van der Waals surface area contributed by atoms with Crippen molar-refractivity contribution in [3.63, 3.8) is 0 Å². The molecule has 0 unspecified atom stereocenters. The summed E-state index contributed by atoms with van der Waals surface area (Å²) in [6.07, 6.45) is 2.89. The Morgan fingerprint density at radius 3 is 3.00 bits per heavy atom.